The highest BCUT2D eigenvalue weighted by Gasteiger charge is 2.11. The van der Waals surface area contributed by atoms with Gasteiger partial charge in [0.1, 0.15) is 17.8 Å². The van der Waals surface area contributed by atoms with E-state index in [-0.39, 0.29) is 11.7 Å². The summed E-state index contributed by atoms with van der Waals surface area (Å²) in [7, 11) is 0. The summed E-state index contributed by atoms with van der Waals surface area (Å²) >= 11 is 0. The van der Waals surface area contributed by atoms with Crippen LogP contribution in [0.1, 0.15) is 29.1 Å². The van der Waals surface area contributed by atoms with E-state index in [4.69, 9.17) is 0 Å². The van der Waals surface area contributed by atoms with Crippen molar-refractivity contribution in [3.8, 4) is 0 Å². The van der Waals surface area contributed by atoms with Gasteiger partial charge in [-0.25, -0.2) is 4.98 Å². The molecule has 0 aliphatic carbocycles. The molecule has 0 fully saturated rings. The maximum absolute atomic E-state index is 11.6. The Morgan fingerprint density at radius 1 is 1.62 bits per heavy atom. The largest absolute Gasteiger partial charge is 0.364 e. The van der Waals surface area contributed by atoms with Crippen LogP contribution in [-0.2, 0) is 13.0 Å². The van der Waals surface area contributed by atoms with Crippen molar-refractivity contribution >= 4 is 5.91 Å². The third-order valence-corrected chi connectivity index (χ3v) is 1.99. The zero-order valence-corrected chi connectivity index (χ0v) is 8.73. The predicted octanol–water partition coefficient (Wildman–Crippen LogP) is 0.285. The monoisotopic (exact) mass is 221 g/mol. The highest BCUT2D eigenvalue weighted by Crippen LogP contribution is 1.96. The molecule has 0 aromatic carbocycles. The first-order chi connectivity index (χ1) is 7.79. The second-order valence-electron chi connectivity index (χ2n) is 3.13. The molecule has 0 aliphatic heterocycles. The Labute approximate surface area is 91.2 Å². The second-order valence-corrected chi connectivity index (χ2v) is 3.13. The molecule has 2 rings (SSSR count). The van der Waals surface area contributed by atoms with Crippen molar-refractivity contribution in [2.75, 3.05) is 0 Å². The standard InChI is InChI=1S/C9H11N5O2/c1-2-7-11-8(13-12-7)9(15)10-5-6-3-4-16-14-6/h3-4H,2,5H2,1H3,(H,10,15)(H,11,12,13). The van der Waals surface area contributed by atoms with E-state index in [1.165, 1.54) is 6.26 Å². The lowest BCUT2D eigenvalue weighted by atomic mass is 10.4. The van der Waals surface area contributed by atoms with E-state index in [0.717, 1.165) is 0 Å². The van der Waals surface area contributed by atoms with Crippen LogP contribution in [0.4, 0.5) is 0 Å². The van der Waals surface area contributed by atoms with Crippen LogP contribution in [0.5, 0.6) is 0 Å². The number of nitrogens with one attached hydrogen (secondary N) is 2. The summed E-state index contributed by atoms with van der Waals surface area (Å²) in [6.45, 7) is 2.23. The van der Waals surface area contributed by atoms with E-state index in [1.54, 1.807) is 6.07 Å². The lowest BCUT2D eigenvalue weighted by Gasteiger charge is -1.97. The first kappa shape index (κ1) is 10.3. The molecule has 7 heteroatoms. The number of carbonyl (C=O) groups is 1. The topological polar surface area (TPSA) is 96.7 Å². The molecule has 0 radical (unpaired) electrons. The van der Waals surface area contributed by atoms with E-state index in [1.807, 2.05) is 6.92 Å². The summed E-state index contributed by atoms with van der Waals surface area (Å²) in [6, 6.07) is 1.68. The molecule has 0 unspecified atom stereocenters. The molecule has 84 valence electrons. The minimum Gasteiger partial charge on any atom is -0.364 e. The SMILES string of the molecule is CCc1nc(C(=O)NCc2ccon2)n[nH]1. The number of aromatic amines is 1. The van der Waals surface area contributed by atoms with Gasteiger partial charge in [0.15, 0.2) is 0 Å². The van der Waals surface area contributed by atoms with Crippen molar-refractivity contribution in [3.63, 3.8) is 0 Å². The molecule has 2 heterocycles. The zero-order valence-electron chi connectivity index (χ0n) is 8.73. The van der Waals surface area contributed by atoms with Gasteiger partial charge in [-0.1, -0.05) is 12.1 Å². The molecule has 7 nitrogen and oxygen atoms in total. The predicted molar refractivity (Wildman–Crippen MR) is 53.4 cm³/mol. The van der Waals surface area contributed by atoms with E-state index < -0.39 is 0 Å². The van der Waals surface area contributed by atoms with Gasteiger partial charge in [0.2, 0.25) is 5.82 Å². The molecule has 0 atom stereocenters. The number of hydrogen-bond donors (Lipinski definition) is 2. The van der Waals surface area contributed by atoms with Gasteiger partial charge >= 0.3 is 0 Å². The van der Waals surface area contributed by atoms with Crippen LogP contribution in [0.2, 0.25) is 0 Å². The van der Waals surface area contributed by atoms with Gasteiger partial charge in [-0.3, -0.25) is 9.89 Å². The molecule has 1 amide bonds. The van der Waals surface area contributed by atoms with Crippen LogP contribution in [0.15, 0.2) is 16.9 Å². The van der Waals surface area contributed by atoms with Crippen LogP contribution in [0, 0.1) is 0 Å². The Morgan fingerprint density at radius 3 is 3.12 bits per heavy atom. The minimum absolute atomic E-state index is 0.139. The lowest BCUT2D eigenvalue weighted by molar-refractivity contribution is 0.0940. The molecule has 2 aromatic heterocycles. The summed E-state index contributed by atoms with van der Waals surface area (Å²) < 4.78 is 4.64. The molecule has 2 N–H and O–H groups in total. The number of aromatic nitrogens is 4. The molecule has 0 bridgehead atoms. The van der Waals surface area contributed by atoms with Gasteiger partial charge in [0.05, 0.1) is 6.54 Å². The molecule has 0 saturated carbocycles. The molecular formula is C9H11N5O2. The highest BCUT2D eigenvalue weighted by atomic mass is 16.5. The van der Waals surface area contributed by atoms with Crippen LogP contribution >= 0.6 is 0 Å². The first-order valence-electron chi connectivity index (χ1n) is 4.88. The van der Waals surface area contributed by atoms with Crippen LogP contribution in [0.25, 0.3) is 0 Å². The number of aryl methyl sites for hydroxylation is 1. The highest BCUT2D eigenvalue weighted by molar-refractivity contribution is 5.90. The number of H-pyrrole nitrogens is 1. The van der Waals surface area contributed by atoms with Gasteiger partial charge in [-0.2, -0.15) is 0 Å². The molecule has 0 aliphatic rings. The minimum atomic E-state index is -0.334. The maximum atomic E-state index is 11.6. The van der Waals surface area contributed by atoms with E-state index in [0.29, 0.717) is 24.5 Å². The van der Waals surface area contributed by atoms with Gasteiger partial charge in [-0.15, -0.1) is 5.10 Å². The number of nitrogens with zero attached hydrogens (tertiary/aromatic N) is 3. The Hall–Kier alpha value is -2.18. The van der Waals surface area contributed by atoms with Gasteiger partial charge in [0.25, 0.3) is 5.91 Å². The van der Waals surface area contributed by atoms with Crippen LogP contribution in [-0.4, -0.2) is 26.2 Å². The van der Waals surface area contributed by atoms with E-state index in [9.17, 15) is 4.79 Å². The number of amides is 1. The van der Waals surface area contributed by atoms with Gasteiger partial charge in [0, 0.05) is 12.5 Å². The Bertz CT molecular complexity index is 462. The average Bonchev–Trinajstić information content (AvgIpc) is 2.96. The fraction of sp³-hybridized carbons (Fsp3) is 0.333. The fourth-order valence-corrected chi connectivity index (χ4v) is 1.13. The number of hydrogen-bond acceptors (Lipinski definition) is 5. The average molecular weight is 221 g/mol. The van der Waals surface area contributed by atoms with E-state index in [2.05, 4.69) is 30.2 Å². The van der Waals surface area contributed by atoms with Gasteiger partial charge < -0.3 is 9.84 Å². The smallest absolute Gasteiger partial charge is 0.291 e. The Kier molecular flexibility index (Phi) is 2.95. The van der Waals surface area contributed by atoms with Crippen molar-refractivity contribution in [2.45, 2.75) is 19.9 Å². The first-order valence-corrected chi connectivity index (χ1v) is 4.88. The van der Waals surface area contributed by atoms with E-state index >= 15 is 0 Å². The third-order valence-electron chi connectivity index (χ3n) is 1.99. The lowest BCUT2D eigenvalue weighted by Crippen LogP contribution is -2.24. The molecule has 2 aromatic rings. The van der Waals surface area contributed by atoms with Crippen LogP contribution in [0.3, 0.4) is 0 Å². The summed E-state index contributed by atoms with van der Waals surface area (Å²) in [6.07, 6.45) is 2.16. The third kappa shape index (κ3) is 2.25. The summed E-state index contributed by atoms with van der Waals surface area (Å²) in [5.41, 5.74) is 0.652. The van der Waals surface area contributed by atoms with Crippen molar-refractivity contribution in [1.82, 2.24) is 25.7 Å². The molecular weight excluding hydrogens is 210 g/mol. The van der Waals surface area contributed by atoms with Crippen molar-refractivity contribution in [2.24, 2.45) is 0 Å². The Balaban J connectivity index is 1.93. The second kappa shape index (κ2) is 4.56. The van der Waals surface area contributed by atoms with Crippen LogP contribution < -0.4 is 5.32 Å². The summed E-state index contributed by atoms with van der Waals surface area (Å²) in [5, 5.41) is 12.8. The zero-order chi connectivity index (χ0) is 11.4. The normalized spacial score (nSPS) is 10.3. The van der Waals surface area contributed by atoms with Crippen molar-refractivity contribution in [1.29, 1.82) is 0 Å². The molecule has 0 spiro atoms. The van der Waals surface area contributed by atoms with Gasteiger partial charge in [-0.05, 0) is 0 Å². The Morgan fingerprint density at radius 2 is 2.50 bits per heavy atom. The summed E-state index contributed by atoms with van der Waals surface area (Å²) in [4.78, 5) is 15.6. The van der Waals surface area contributed by atoms with Crippen molar-refractivity contribution < 1.29 is 9.32 Å². The maximum Gasteiger partial charge on any atom is 0.291 e. The number of rotatable bonds is 4. The fourth-order valence-electron chi connectivity index (χ4n) is 1.13. The summed E-state index contributed by atoms with van der Waals surface area (Å²) in [5.74, 6) is 0.492. The quantitative estimate of drug-likeness (QED) is 0.773. The number of carbonyl (C=O) groups excluding carboxylic acids is 1. The molecule has 0 saturated heterocycles. The van der Waals surface area contributed by atoms with Crippen molar-refractivity contribution in [3.05, 3.63) is 29.7 Å². The molecule has 16 heavy (non-hydrogen) atoms.